The molecule has 2 atom stereocenters. The highest BCUT2D eigenvalue weighted by atomic mass is 16.5. The summed E-state index contributed by atoms with van der Waals surface area (Å²) in [5.74, 6) is 0.127. The lowest BCUT2D eigenvalue weighted by Gasteiger charge is -2.36. The zero-order valence-corrected chi connectivity index (χ0v) is 13.6. The number of hydrogen-bond acceptors (Lipinski definition) is 4. The molecule has 21 heavy (non-hydrogen) atoms. The van der Waals surface area contributed by atoms with Gasteiger partial charge in [0.2, 0.25) is 0 Å². The molecule has 0 spiro atoms. The SMILES string of the molecule is CCCN1CCN(C(=O)[C@@H](C)OC[C@@H]2CCCCO2)CC1. The van der Waals surface area contributed by atoms with E-state index in [1.165, 1.54) is 12.8 Å². The van der Waals surface area contributed by atoms with Gasteiger partial charge in [0.25, 0.3) is 5.91 Å². The Hall–Kier alpha value is -0.650. The van der Waals surface area contributed by atoms with Gasteiger partial charge >= 0.3 is 0 Å². The van der Waals surface area contributed by atoms with Gasteiger partial charge in [0.15, 0.2) is 0 Å². The maximum Gasteiger partial charge on any atom is 0.251 e. The van der Waals surface area contributed by atoms with Crippen LogP contribution in [0.5, 0.6) is 0 Å². The summed E-state index contributed by atoms with van der Waals surface area (Å²) in [4.78, 5) is 16.7. The molecule has 2 rings (SSSR count). The molecular weight excluding hydrogens is 268 g/mol. The molecule has 0 aliphatic carbocycles. The third-order valence-electron chi connectivity index (χ3n) is 4.38. The minimum atomic E-state index is -0.353. The summed E-state index contributed by atoms with van der Waals surface area (Å²) in [5.41, 5.74) is 0. The Morgan fingerprint density at radius 2 is 2.05 bits per heavy atom. The predicted molar refractivity (Wildman–Crippen MR) is 82.3 cm³/mol. The van der Waals surface area contributed by atoms with Crippen molar-refractivity contribution in [1.29, 1.82) is 0 Å². The number of hydrogen-bond donors (Lipinski definition) is 0. The quantitative estimate of drug-likeness (QED) is 0.745. The van der Waals surface area contributed by atoms with Crippen LogP contribution in [0.15, 0.2) is 0 Å². The molecule has 2 fully saturated rings. The summed E-state index contributed by atoms with van der Waals surface area (Å²) in [5, 5.41) is 0. The predicted octanol–water partition coefficient (Wildman–Crippen LogP) is 1.51. The fourth-order valence-corrected chi connectivity index (χ4v) is 3.03. The molecule has 0 bridgehead atoms. The Morgan fingerprint density at radius 1 is 1.29 bits per heavy atom. The first-order chi connectivity index (χ1) is 10.2. The summed E-state index contributed by atoms with van der Waals surface area (Å²) in [7, 11) is 0. The lowest BCUT2D eigenvalue weighted by atomic mass is 10.1. The van der Waals surface area contributed by atoms with Crippen LogP contribution in [0.4, 0.5) is 0 Å². The lowest BCUT2D eigenvalue weighted by Crippen LogP contribution is -2.51. The molecule has 0 aromatic carbocycles. The first kappa shape index (κ1) is 16.7. The van der Waals surface area contributed by atoms with Crippen molar-refractivity contribution in [3.05, 3.63) is 0 Å². The van der Waals surface area contributed by atoms with Crippen molar-refractivity contribution >= 4 is 5.91 Å². The standard InChI is InChI=1S/C16H30N2O3/c1-3-7-17-8-10-18(11-9-17)16(19)14(2)21-13-15-6-4-5-12-20-15/h14-15H,3-13H2,1-2H3/t14-,15+/m1/s1. The molecule has 5 heteroatoms. The van der Waals surface area contributed by atoms with Gasteiger partial charge in [-0.25, -0.2) is 0 Å². The molecule has 0 aromatic heterocycles. The van der Waals surface area contributed by atoms with E-state index in [9.17, 15) is 4.79 Å². The summed E-state index contributed by atoms with van der Waals surface area (Å²) >= 11 is 0. The normalized spacial score (nSPS) is 25.8. The van der Waals surface area contributed by atoms with E-state index in [1.807, 2.05) is 11.8 Å². The van der Waals surface area contributed by atoms with E-state index < -0.39 is 0 Å². The van der Waals surface area contributed by atoms with Crippen molar-refractivity contribution in [3.8, 4) is 0 Å². The number of ether oxygens (including phenoxy) is 2. The van der Waals surface area contributed by atoms with Crippen LogP contribution in [-0.2, 0) is 14.3 Å². The van der Waals surface area contributed by atoms with Crippen molar-refractivity contribution in [2.45, 2.75) is 51.7 Å². The van der Waals surface area contributed by atoms with Gasteiger partial charge in [0, 0.05) is 32.8 Å². The Kier molecular flexibility index (Phi) is 6.93. The average Bonchev–Trinajstić information content (AvgIpc) is 2.54. The Labute approximate surface area is 128 Å². The Bertz CT molecular complexity index is 311. The summed E-state index contributed by atoms with van der Waals surface area (Å²) in [6, 6.07) is 0. The number of piperazine rings is 1. The molecule has 1 amide bonds. The molecule has 2 aliphatic heterocycles. The highest BCUT2D eigenvalue weighted by Gasteiger charge is 2.26. The second-order valence-corrected chi connectivity index (χ2v) is 6.13. The topological polar surface area (TPSA) is 42.0 Å². The number of carbonyl (C=O) groups is 1. The third-order valence-corrected chi connectivity index (χ3v) is 4.38. The van der Waals surface area contributed by atoms with Crippen molar-refractivity contribution in [2.75, 3.05) is 45.9 Å². The van der Waals surface area contributed by atoms with Crippen molar-refractivity contribution in [1.82, 2.24) is 9.80 Å². The number of amides is 1. The lowest BCUT2D eigenvalue weighted by molar-refractivity contribution is -0.147. The maximum absolute atomic E-state index is 12.4. The molecule has 122 valence electrons. The maximum atomic E-state index is 12.4. The van der Waals surface area contributed by atoms with Crippen LogP contribution < -0.4 is 0 Å². The van der Waals surface area contributed by atoms with Gasteiger partial charge in [-0.1, -0.05) is 6.92 Å². The van der Waals surface area contributed by atoms with Crippen LogP contribution in [0.3, 0.4) is 0 Å². The third kappa shape index (κ3) is 5.24. The van der Waals surface area contributed by atoms with E-state index in [2.05, 4.69) is 11.8 Å². The summed E-state index contributed by atoms with van der Waals surface area (Å²) in [6.07, 6.45) is 4.40. The fraction of sp³-hybridized carbons (Fsp3) is 0.938. The van der Waals surface area contributed by atoms with E-state index in [-0.39, 0.29) is 18.1 Å². The zero-order chi connectivity index (χ0) is 15.1. The summed E-state index contributed by atoms with van der Waals surface area (Å²) < 4.78 is 11.4. The van der Waals surface area contributed by atoms with Crippen molar-refractivity contribution < 1.29 is 14.3 Å². The largest absolute Gasteiger partial charge is 0.376 e. The minimum absolute atomic E-state index is 0.127. The van der Waals surface area contributed by atoms with Crippen LogP contribution >= 0.6 is 0 Å². The second kappa shape index (κ2) is 8.71. The van der Waals surface area contributed by atoms with E-state index in [1.54, 1.807) is 0 Å². The van der Waals surface area contributed by atoms with Crippen molar-refractivity contribution in [2.24, 2.45) is 0 Å². The van der Waals surface area contributed by atoms with Crippen LogP contribution in [0.25, 0.3) is 0 Å². The van der Waals surface area contributed by atoms with Gasteiger partial charge < -0.3 is 14.4 Å². The fourth-order valence-electron chi connectivity index (χ4n) is 3.03. The first-order valence-electron chi connectivity index (χ1n) is 8.45. The molecule has 0 aromatic rings. The van der Waals surface area contributed by atoms with Gasteiger partial charge in [-0.05, 0) is 39.2 Å². The van der Waals surface area contributed by atoms with Crippen molar-refractivity contribution in [3.63, 3.8) is 0 Å². The van der Waals surface area contributed by atoms with Crippen LogP contribution in [-0.4, -0.2) is 73.9 Å². The van der Waals surface area contributed by atoms with Crippen LogP contribution in [0, 0.1) is 0 Å². The van der Waals surface area contributed by atoms with Crippen LogP contribution in [0.1, 0.15) is 39.5 Å². The zero-order valence-electron chi connectivity index (χ0n) is 13.6. The Balaban J connectivity index is 1.67. The Morgan fingerprint density at radius 3 is 2.67 bits per heavy atom. The molecule has 0 N–H and O–H groups in total. The number of rotatable bonds is 6. The van der Waals surface area contributed by atoms with E-state index in [0.29, 0.717) is 6.61 Å². The molecule has 2 aliphatic rings. The second-order valence-electron chi connectivity index (χ2n) is 6.13. The van der Waals surface area contributed by atoms with E-state index in [0.717, 1.165) is 52.2 Å². The number of carbonyl (C=O) groups excluding carboxylic acids is 1. The average molecular weight is 298 g/mol. The monoisotopic (exact) mass is 298 g/mol. The molecular formula is C16H30N2O3. The van der Waals surface area contributed by atoms with Crippen LogP contribution in [0.2, 0.25) is 0 Å². The molecule has 0 unspecified atom stereocenters. The highest BCUT2D eigenvalue weighted by Crippen LogP contribution is 2.14. The summed E-state index contributed by atoms with van der Waals surface area (Å²) in [6.45, 7) is 10.2. The van der Waals surface area contributed by atoms with E-state index in [4.69, 9.17) is 9.47 Å². The van der Waals surface area contributed by atoms with Gasteiger partial charge in [0.05, 0.1) is 12.7 Å². The molecule has 2 heterocycles. The molecule has 0 saturated carbocycles. The number of nitrogens with zero attached hydrogens (tertiary/aromatic N) is 2. The van der Waals surface area contributed by atoms with Gasteiger partial charge in [0.1, 0.15) is 6.10 Å². The molecule has 0 radical (unpaired) electrons. The highest BCUT2D eigenvalue weighted by molar-refractivity contribution is 5.80. The first-order valence-corrected chi connectivity index (χ1v) is 8.45. The smallest absolute Gasteiger partial charge is 0.251 e. The van der Waals surface area contributed by atoms with Gasteiger partial charge in [-0.15, -0.1) is 0 Å². The van der Waals surface area contributed by atoms with Gasteiger partial charge in [-0.2, -0.15) is 0 Å². The van der Waals surface area contributed by atoms with Gasteiger partial charge in [-0.3, -0.25) is 9.69 Å². The molecule has 5 nitrogen and oxygen atoms in total. The minimum Gasteiger partial charge on any atom is -0.376 e. The van der Waals surface area contributed by atoms with E-state index >= 15 is 0 Å². The molecule has 2 saturated heterocycles.